The van der Waals surface area contributed by atoms with Gasteiger partial charge in [0.15, 0.2) is 0 Å². The number of hydrogen-bond donors (Lipinski definition) is 0. The first-order valence-corrected chi connectivity index (χ1v) is 7.28. The Hall–Kier alpha value is -1.02. The highest BCUT2D eigenvalue weighted by molar-refractivity contribution is 6.20. The molecule has 18 heavy (non-hydrogen) atoms. The molecule has 2 nitrogen and oxygen atoms in total. The van der Waals surface area contributed by atoms with Gasteiger partial charge in [0.25, 0.3) is 0 Å². The topological polar surface area (TPSA) is 17.8 Å². The lowest BCUT2D eigenvalue weighted by Gasteiger charge is -2.10. The quantitative estimate of drug-likeness (QED) is 0.708. The second-order valence-corrected chi connectivity index (χ2v) is 5.38. The number of hydrogen-bond acceptors (Lipinski definition) is 1. The minimum Gasteiger partial charge on any atom is -0.328 e. The number of para-hydroxylation sites is 2. The van der Waals surface area contributed by atoms with Crippen molar-refractivity contribution in [3.63, 3.8) is 0 Å². The number of aromatic nitrogens is 2. The summed E-state index contributed by atoms with van der Waals surface area (Å²) in [6, 6.07) is 8.34. The smallest absolute Gasteiger partial charge is 0.111 e. The van der Waals surface area contributed by atoms with Crippen LogP contribution in [0.4, 0.5) is 0 Å². The van der Waals surface area contributed by atoms with Crippen molar-refractivity contribution in [2.45, 2.75) is 51.5 Å². The standard InChI is InChI=1S/C15H21ClN2/c1-3-7-12(16)11-15-17-13-8-5-6-9-14(13)18(15)10-4-2/h5-6,8-9,12H,3-4,7,10-11H2,1-2H3. The zero-order valence-corrected chi connectivity index (χ0v) is 12.0. The molecule has 1 unspecified atom stereocenters. The van der Waals surface area contributed by atoms with E-state index in [9.17, 15) is 0 Å². The monoisotopic (exact) mass is 264 g/mol. The maximum atomic E-state index is 6.36. The van der Waals surface area contributed by atoms with Gasteiger partial charge in [0.05, 0.1) is 11.0 Å². The summed E-state index contributed by atoms with van der Waals surface area (Å²) >= 11 is 6.36. The highest BCUT2D eigenvalue weighted by Crippen LogP contribution is 2.20. The van der Waals surface area contributed by atoms with Gasteiger partial charge in [-0.15, -0.1) is 11.6 Å². The lowest BCUT2D eigenvalue weighted by molar-refractivity contribution is 0.625. The van der Waals surface area contributed by atoms with E-state index >= 15 is 0 Å². The highest BCUT2D eigenvalue weighted by atomic mass is 35.5. The second-order valence-electron chi connectivity index (χ2n) is 4.76. The normalized spacial score (nSPS) is 13.1. The Kier molecular flexibility index (Phi) is 4.65. The van der Waals surface area contributed by atoms with E-state index in [4.69, 9.17) is 16.6 Å². The summed E-state index contributed by atoms with van der Waals surface area (Å²) in [5.74, 6) is 1.13. The molecule has 0 spiro atoms. The molecule has 1 aromatic carbocycles. The fourth-order valence-electron chi connectivity index (χ4n) is 2.37. The largest absolute Gasteiger partial charge is 0.328 e. The zero-order chi connectivity index (χ0) is 13.0. The number of benzene rings is 1. The maximum absolute atomic E-state index is 6.36. The van der Waals surface area contributed by atoms with Crippen LogP contribution < -0.4 is 0 Å². The predicted octanol–water partition coefficient (Wildman–Crippen LogP) is 4.40. The van der Waals surface area contributed by atoms with E-state index in [1.54, 1.807) is 0 Å². The van der Waals surface area contributed by atoms with Crippen molar-refractivity contribution in [2.75, 3.05) is 0 Å². The van der Waals surface area contributed by atoms with Crippen LogP contribution >= 0.6 is 11.6 Å². The first-order valence-electron chi connectivity index (χ1n) is 6.84. The molecule has 2 aromatic rings. The Morgan fingerprint density at radius 2 is 2.00 bits per heavy atom. The Balaban J connectivity index is 2.33. The van der Waals surface area contributed by atoms with E-state index in [-0.39, 0.29) is 5.38 Å². The van der Waals surface area contributed by atoms with Crippen molar-refractivity contribution in [1.82, 2.24) is 9.55 Å². The van der Waals surface area contributed by atoms with E-state index in [0.29, 0.717) is 0 Å². The van der Waals surface area contributed by atoms with E-state index < -0.39 is 0 Å². The molecule has 2 rings (SSSR count). The number of aryl methyl sites for hydroxylation is 1. The molecule has 0 saturated carbocycles. The number of imidazole rings is 1. The van der Waals surface area contributed by atoms with E-state index in [2.05, 4.69) is 36.6 Å². The Bertz CT molecular complexity index is 504. The van der Waals surface area contributed by atoms with E-state index in [0.717, 1.165) is 43.6 Å². The van der Waals surface area contributed by atoms with Crippen molar-refractivity contribution in [1.29, 1.82) is 0 Å². The van der Waals surface area contributed by atoms with Crippen LogP contribution in [0.15, 0.2) is 24.3 Å². The molecule has 98 valence electrons. The second kappa shape index (κ2) is 6.24. The number of halogens is 1. The van der Waals surface area contributed by atoms with Crippen LogP contribution in [-0.2, 0) is 13.0 Å². The SMILES string of the molecule is CCCC(Cl)Cc1nc2ccccc2n1CCC. The predicted molar refractivity (Wildman–Crippen MR) is 78.3 cm³/mol. The number of rotatable bonds is 6. The maximum Gasteiger partial charge on any atom is 0.111 e. The number of fused-ring (bicyclic) bond motifs is 1. The van der Waals surface area contributed by atoms with Crippen LogP contribution in [0.25, 0.3) is 11.0 Å². The summed E-state index contributed by atoms with van der Waals surface area (Å²) in [6.07, 6.45) is 4.16. The van der Waals surface area contributed by atoms with Gasteiger partial charge < -0.3 is 4.57 Å². The van der Waals surface area contributed by atoms with Crippen LogP contribution in [0.5, 0.6) is 0 Å². The first kappa shape index (κ1) is 13.4. The molecule has 0 N–H and O–H groups in total. The van der Waals surface area contributed by atoms with Gasteiger partial charge in [-0.2, -0.15) is 0 Å². The Morgan fingerprint density at radius 3 is 2.72 bits per heavy atom. The van der Waals surface area contributed by atoms with Gasteiger partial charge in [-0.25, -0.2) is 4.98 Å². The molecule has 1 atom stereocenters. The van der Waals surface area contributed by atoms with Crippen molar-refractivity contribution in [2.24, 2.45) is 0 Å². The van der Waals surface area contributed by atoms with Gasteiger partial charge in [-0.3, -0.25) is 0 Å². The highest BCUT2D eigenvalue weighted by Gasteiger charge is 2.13. The average Bonchev–Trinajstić information content (AvgIpc) is 2.68. The molecule has 0 amide bonds. The Labute approximate surface area is 114 Å². The summed E-state index contributed by atoms with van der Waals surface area (Å²) in [6.45, 7) is 5.39. The summed E-state index contributed by atoms with van der Waals surface area (Å²) in [7, 11) is 0. The average molecular weight is 265 g/mol. The van der Waals surface area contributed by atoms with Gasteiger partial charge in [0, 0.05) is 18.3 Å². The molecule has 0 aliphatic carbocycles. The molecule has 1 aromatic heterocycles. The zero-order valence-electron chi connectivity index (χ0n) is 11.2. The molecule has 0 bridgehead atoms. The van der Waals surface area contributed by atoms with Gasteiger partial charge in [-0.1, -0.05) is 32.4 Å². The summed E-state index contributed by atoms with van der Waals surface area (Å²) < 4.78 is 2.32. The Morgan fingerprint density at radius 1 is 1.22 bits per heavy atom. The third-order valence-corrected chi connectivity index (χ3v) is 3.56. The third kappa shape index (κ3) is 2.86. The van der Waals surface area contributed by atoms with Crippen molar-refractivity contribution < 1.29 is 0 Å². The minimum absolute atomic E-state index is 0.197. The van der Waals surface area contributed by atoms with Gasteiger partial charge in [0.1, 0.15) is 5.82 Å². The summed E-state index contributed by atoms with van der Waals surface area (Å²) in [5.41, 5.74) is 2.32. The van der Waals surface area contributed by atoms with Crippen LogP contribution in [0, 0.1) is 0 Å². The fourth-order valence-corrected chi connectivity index (χ4v) is 2.72. The van der Waals surface area contributed by atoms with E-state index in [1.165, 1.54) is 5.52 Å². The fraction of sp³-hybridized carbons (Fsp3) is 0.533. The van der Waals surface area contributed by atoms with Crippen molar-refractivity contribution in [3.8, 4) is 0 Å². The summed E-state index contributed by atoms with van der Waals surface area (Å²) in [5, 5.41) is 0.197. The number of nitrogens with zero attached hydrogens (tertiary/aromatic N) is 2. The van der Waals surface area contributed by atoms with Gasteiger partial charge in [-0.05, 0) is 25.0 Å². The molecular formula is C15H21ClN2. The van der Waals surface area contributed by atoms with Crippen LogP contribution in [0.2, 0.25) is 0 Å². The molecule has 0 fully saturated rings. The molecule has 3 heteroatoms. The van der Waals surface area contributed by atoms with Crippen LogP contribution in [0.3, 0.4) is 0 Å². The van der Waals surface area contributed by atoms with Crippen molar-refractivity contribution >= 4 is 22.6 Å². The lowest BCUT2D eigenvalue weighted by Crippen LogP contribution is -2.10. The molecule has 0 saturated heterocycles. The van der Waals surface area contributed by atoms with E-state index in [1.807, 2.05) is 6.07 Å². The van der Waals surface area contributed by atoms with Crippen molar-refractivity contribution in [3.05, 3.63) is 30.1 Å². The molecule has 0 aliphatic heterocycles. The molecule has 1 heterocycles. The number of alkyl halides is 1. The minimum atomic E-state index is 0.197. The molecule has 0 aliphatic rings. The van der Waals surface area contributed by atoms with Gasteiger partial charge >= 0.3 is 0 Å². The summed E-state index contributed by atoms with van der Waals surface area (Å²) in [4.78, 5) is 4.73. The first-order chi connectivity index (χ1) is 8.76. The van der Waals surface area contributed by atoms with Crippen LogP contribution in [0.1, 0.15) is 38.9 Å². The molecular weight excluding hydrogens is 244 g/mol. The molecule has 0 radical (unpaired) electrons. The van der Waals surface area contributed by atoms with Gasteiger partial charge in [0.2, 0.25) is 0 Å². The third-order valence-electron chi connectivity index (χ3n) is 3.19. The van der Waals surface area contributed by atoms with Crippen LogP contribution in [-0.4, -0.2) is 14.9 Å². The lowest BCUT2D eigenvalue weighted by atomic mass is 10.2.